The first-order valence-electron chi connectivity index (χ1n) is 4.18. The molecule has 2 rings (SSSR count). The Bertz CT molecular complexity index is 447. The van der Waals surface area contributed by atoms with Crippen molar-refractivity contribution in [1.82, 2.24) is 0 Å². The van der Waals surface area contributed by atoms with Crippen LogP contribution in [0.2, 0.25) is 0 Å². The molecule has 0 spiro atoms. The normalized spacial score (nSPS) is 10.9. The Morgan fingerprint density at radius 1 is 1.46 bits per heavy atom. The molecule has 0 aliphatic rings. The second kappa shape index (κ2) is 3.46. The molecule has 0 atom stereocenters. The van der Waals surface area contributed by atoms with Gasteiger partial charge in [-0.2, -0.15) is 0 Å². The maximum atomic E-state index is 5.84. The molecule has 0 aliphatic carbocycles. The van der Waals surface area contributed by atoms with E-state index >= 15 is 0 Å². The van der Waals surface area contributed by atoms with Crippen LogP contribution in [0.5, 0.6) is 0 Å². The zero-order chi connectivity index (χ0) is 9.42. The van der Waals surface area contributed by atoms with E-state index < -0.39 is 0 Å². The summed E-state index contributed by atoms with van der Waals surface area (Å²) in [5.74, 6) is 0. The van der Waals surface area contributed by atoms with Gasteiger partial charge in [-0.3, -0.25) is 0 Å². The predicted octanol–water partition coefficient (Wildman–Crippen LogP) is 3.65. The van der Waals surface area contributed by atoms with Gasteiger partial charge in [-0.1, -0.05) is 13.0 Å². The van der Waals surface area contributed by atoms with Crippen molar-refractivity contribution in [1.29, 1.82) is 0 Å². The summed E-state index contributed by atoms with van der Waals surface area (Å²) in [6.45, 7) is 2.18. The van der Waals surface area contributed by atoms with Gasteiger partial charge in [0.1, 0.15) is 0 Å². The molecule has 1 nitrogen and oxygen atoms in total. The summed E-state index contributed by atoms with van der Waals surface area (Å²) in [6, 6.07) is 6.33. The van der Waals surface area contributed by atoms with Crippen LogP contribution < -0.4 is 5.73 Å². The van der Waals surface area contributed by atoms with Crippen LogP contribution >= 0.6 is 33.9 Å². The van der Waals surface area contributed by atoms with Gasteiger partial charge in [0.05, 0.1) is 3.57 Å². The monoisotopic (exact) mass is 303 g/mol. The Morgan fingerprint density at radius 2 is 2.23 bits per heavy atom. The van der Waals surface area contributed by atoms with Crippen molar-refractivity contribution in [3.05, 3.63) is 26.6 Å². The van der Waals surface area contributed by atoms with Crippen LogP contribution in [0.15, 0.2) is 18.2 Å². The van der Waals surface area contributed by atoms with Crippen molar-refractivity contribution in [2.24, 2.45) is 0 Å². The summed E-state index contributed by atoms with van der Waals surface area (Å²) in [6.07, 6.45) is 1.11. The van der Waals surface area contributed by atoms with Gasteiger partial charge in [-0.05, 0) is 46.5 Å². The molecule has 1 heterocycles. The highest BCUT2D eigenvalue weighted by Crippen LogP contribution is 2.33. The number of thiophene rings is 1. The third-order valence-corrected chi connectivity index (χ3v) is 4.90. The first kappa shape index (κ1) is 9.27. The van der Waals surface area contributed by atoms with Gasteiger partial charge in [-0.15, -0.1) is 11.3 Å². The smallest absolute Gasteiger partial charge is 0.0538 e. The largest absolute Gasteiger partial charge is 0.398 e. The van der Waals surface area contributed by atoms with Crippen molar-refractivity contribution in [3.63, 3.8) is 0 Å². The number of nitrogen functional groups attached to an aromatic ring is 1. The molecule has 0 fully saturated rings. The van der Waals surface area contributed by atoms with Gasteiger partial charge in [0, 0.05) is 15.3 Å². The van der Waals surface area contributed by atoms with E-state index in [1.54, 1.807) is 0 Å². The van der Waals surface area contributed by atoms with Crippen molar-refractivity contribution < 1.29 is 0 Å². The highest BCUT2D eigenvalue weighted by Gasteiger charge is 2.05. The number of rotatable bonds is 1. The molecule has 3 heteroatoms. The molecule has 0 unspecified atom stereocenters. The van der Waals surface area contributed by atoms with E-state index in [4.69, 9.17) is 5.73 Å². The van der Waals surface area contributed by atoms with E-state index in [9.17, 15) is 0 Å². The van der Waals surface area contributed by atoms with E-state index in [0.717, 1.165) is 12.1 Å². The Hall–Kier alpha value is -0.290. The summed E-state index contributed by atoms with van der Waals surface area (Å²) in [5.41, 5.74) is 6.72. The van der Waals surface area contributed by atoms with Gasteiger partial charge < -0.3 is 5.73 Å². The van der Waals surface area contributed by atoms with Crippen LogP contribution in [0, 0.1) is 3.57 Å². The molecule has 0 bridgehead atoms. The lowest BCUT2D eigenvalue weighted by Crippen LogP contribution is -1.87. The second-order valence-electron chi connectivity index (χ2n) is 2.95. The number of anilines is 1. The second-order valence-corrected chi connectivity index (χ2v) is 5.17. The van der Waals surface area contributed by atoms with Gasteiger partial charge in [-0.25, -0.2) is 0 Å². The average Bonchev–Trinajstić information content (AvgIpc) is 2.55. The van der Waals surface area contributed by atoms with E-state index in [2.05, 4.69) is 41.6 Å². The van der Waals surface area contributed by atoms with Crippen LogP contribution in [-0.2, 0) is 6.42 Å². The predicted molar refractivity (Wildman–Crippen MR) is 68.3 cm³/mol. The molecular formula is C10H10INS. The molecule has 2 N–H and O–H groups in total. The Balaban J connectivity index is 2.76. The average molecular weight is 303 g/mol. The van der Waals surface area contributed by atoms with Crippen molar-refractivity contribution in [3.8, 4) is 0 Å². The number of aryl methyl sites for hydroxylation is 1. The van der Waals surface area contributed by atoms with Crippen LogP contribution in [0.3, 0.4) is 0 Å². The topological polar surface area (TPSA) is 26.0 Å². The standard InChI is InChI=1S/C10H10INS/c1-2-7-5-6-3-4-8(12)9(11)10(6)13-7/h3-5H,2,12H2,1H3. The molecular weight excluding hydrogens is 293 g/mol. The Kier molecular flexibility index (Phi) is 2.47. The zero-order valence-electron chi connectivity index (χ0n) is 7.30. The number of nitrogens with two attached hydrogens (primary N) is 1. The highest BCUT2D eigenvalue weighted by atomic mass is 127. The molecule has 13 heavy (non-hydrogen) atoms. The number of hydrogen-bond acceptors (Lipinski definition) is 2. The number of halogens is 1. The Labute approximate surface area is 95.1 Å². The van der Waals surface area contributed by atoms with Gasteiger partial charge in [0.2, 0.25) is 0 Å². The molecule has 0 saturated heterocycles. The Morgan fingerprint density at radius 3 is 2.92 bits per heavy atom. The lowest BCUT2D eigenvalue weighted by atomic mass is 10.2. The fraction of sp³-hybridized carbons (Fsp3) is 0.200. The fourth-order valence-corrected chi connectivity index (χ4v) is 3.18. The fourth-order valence-electron chi connectivity index (χ4n) is 1.31. The highest BCUT2D eigenvalue weighted by molar-refractivity contribution is 14.1. The van der Waals surface area contributed by atoms with Crippen LogP contribution in [0.1, 0.15) is 11.8 Å². The lowest BCUT2D eigenvalue weighted by Gasteiger charge is -1.97. The van der Waals surface area contributed by atoms with Gasteiger partial charge in [0.15, 0.2) is 0 Å². The molecule has 0 amide bonds. The first-order valence-corrected chi connectivity index (χ1v) is 6.08. The summed E-state index contributed by atoms with van der Waals surface area (Å²) in [5, 5.41) is 1.32. The minimum Gasteiger partial charge on any atom is -0.398 e. The van der Waals surface area contributed by atoms with Crippen LogP contribution in [0.25, 0.3) is 10.1 Å². The van der Waals surface area contributed by atoms with E-state index in [1.165, 1.54) is 18.5 Å². The summed E-state index contributed by atoms with van der Waals surface area (Å²) >= 11 is 4.17. The molecule has 0 aliphatic heterocycles. The third-order valence-electron chi connectivity index (χ3n) is 2.06. The molecule has 2 aromatic rings. The number of hydrogen-bond donors (Lipinski definition) is 1. The first-order chi connectivity index (χ1) is 6.22. The van der Waals surface area contributed by atoms with Crippen molar-refractivity contribution >= 4 is 49.7 Å². The molecule has 0 radical (unpaired) electrons. The summed E-state index contributed by atoms with van der Waals surface area (Å²) in [7, 11) is 0. The van der Waals surface area contributed by atoms with E-state index in [0.29, 0.717) is 0 Å². The van der Waals surface area contributed by atoms with Crippen LogP contribution in [0.4, 0.5) is 5.69 Å². The third kappa shape index (κ3) is 1.55. The maximum absolute atomic E-state index is 5.84. The minimum absolute atomic E-state index is 0.887. The lowest BCUT2D eigenvalue weighted by molar-refractivity contribution is 1.19. The van der Waals surface area contributed by atoms with Gasteiger partial charge >= 0.3 is 0 Å². The summed E-state index contributed by atoms with van der Waals surface area (Å²) in [4.78, 5) is 1.43. The molecule has 0 saturated carbocycles. The zero-order valence-corrected chi connectivity index (χ0v) is 10.3. The van der Waals surface area contributed by atoms with Crippen molar-refractivity contribution in [2.45, 2.75) is 13.3 Å². The molecule has 68 valence electrons. The van der Waals surface area contributed by atoms with Gasteiger partial charge in [0.25, 0.3) is 0 Å². The molecule has 1 aromatic carbocycles. The van der Waals surface area contributed by atoms with E-state index in [1.807, 2.05) is 17.4 Å². The maximum Gasteiger partial charge on any atom is 0.0538 e. The molecule has 1 aromatic heterocycles. The number of benzene rings is 1. The van der Waals surface area contributed by atoms with Crippen molar-refractivity contribution in [2.75, 3.05) is 5.73 Å². The van der Waals surface area contributed by atoms with Crippen LogP contribution in [-0.4, -0.2) is 0 Å². The minimum atomic E-state index is 0.887. The number of fused-ring (bicyclic) bond motifs is 1. The van der Waals surface area contributed by atoms with E-state index in [-0.39, 0.29) is 0 Å². The SMILES string of the molecule is CCc1cc2ccc(N)c(I)c2s1. The summed E-state index contributed by atoms with van der Waals surface area (Å²) < 4.78 is 2.53. The quantitative estimate of drug-likeness (QED) is 0.631.